The van der Waals surface area contributed by atoms with E-state index in [1.807, 2.05) is 0 Å². The van der Waals surface area contributed by atoms with E-state index in [-0.39, 0.29) is 5.82 Å². The molecule has 0 bridgehead atoms. The van der Waals surface area contributed by atoms with Crippen molar-refractivity contribution in [2.75, 3.05) is 14.2 Å². The van der Waals surface area contributed by atoms with Gasteiger partial charge in [-0.25, -0.2) is 4.39 Å². The first kappa shape index (κ1) is 14.8. The Hall–Kier alpha value is -1.59. The van der Waals surface area contributed by atoms with Gasteiger partial charge in [0.15, 0.2) is 0 Å². The van der Waals surface area contributed by atoms with Gasteiger partial charge in [0.05, 0.1) is 18.7 Å². The van der Waals surface area contributed by atoms with Gasteiger partial charge in [-0.2, -0.15) is 0 Å². The number of ether oxygens (including phenoxy) is 2. The molecule has 5 heteroatoms. The van der Waals surface area contributed by atoms with Crippen molar-refractivity contribution >= 4 is 15.9 Å². The van der Waals surface area contributed by atoms with E-state index in [2.05, 4.69) is 15.9 Å². The fraction of sp³-hybridized carbons (Fsp3) is 0.200. The summed E-state index contributed by atoms with van der Waals surface area (Å²) in [7, 11) is 3.08. The third kappa shape index (κ3) is 2.94. The Bertz CT molecular complexity index is 616. The summed E-state index contributed by atoms with van der Waals surface area (Å²) < 4.78 is 23.9. The second-order valence-corrected chi connectivity index (χ2v) is 5.04. The fourth-order valence-electron chi connectivity index (χ4n) is 1.91. The molecular formula is C15H14BrFO3. The van der Waals surface area contributed by atoms with E-state index >= 15 is 0 Å². The Morgan fingerprint density at radius 3 is 2.45 bits per heavy atom. The molecule has 0 aromatic heterocycles. The third-order valence-electron chi connectivity index (χ3n) is 2.99. The van der Waals surface area contributed by atoms with E-state index in [1.54, 1.807) is 31.4 Å². The van der Waals surface area contributed by atoms with Crippen molar-refractivity contribution < 1.29 is 19.0 Å². The van der Waals surface area contributed by atoms with Crippen LogP contribution in [0.2, 0.25) is 0 Å². The normalized spacial score (nSPS) is 12.1. The topological polar surface area (TPSA) is 38.7 Å². The van der Waals surface area contributed by atoms with Crippen molar-refractivity contribution in [3.8, 4) is 11.5 Å². The number of aliphatic hydroxyl groups is 1. The van der Waals surface area contributed by atoms with Crippen LogP contribution >= 0.6 is 15.9 Å². The maximum Gasteiger partial charge on any atom is 0.137 e. The lowest BCUT2D eigenvalue weighted by Gasteiger charge is -2.16. The Labute approximate surface area is 125 Å². The molecule has 3 nitrogen and oxygen atoms in total. The zero-order valence-electron chi connectivity index (χ0n) is 11.1. The smallest absolute Gasteiger partial charge is 0.137 e. The molecule has 0 heterocycles. The first-order valence-corrected chi connectivity index (χ1v) is 6.71. The van der Waals surface area contributed by atoms with Crippen molar-refractivity contribution in [3.05, 3.63) is 57.8 Å². The van der Waals surface area contributed by atoms with E-state index in [1.165, 1.54) is 19.2 Å². The Morgan fingerprint density at radius 2 is 1.85 bits per heavy atom. The quantitative estimate of drug-likeness (QED) is 0.922. The van der Waals surface area contributed by atoms with Crippen molar-refractivity contribution in [2.24, 2.45) is 0 Å². The Balaban J connectivity index is 2.41. The average molecular weight is 341 g/mol. The van der Waals surface area contributed by atoms with Crippen LogP contribution in [-0.2, 0) is 0 Å². The SMILES string of the molecule is COc1ccc(C(O)c2ccc(F)c(Br)c2)c(OC)c1. The Morgan fingerprint density at radius 1 is 1.10 bits per heavy atom. The summed E-state index contributed by atoms with van der Waals surface area (Å²) in [5.74, 6) is 0.776. The van der Waals surface area contributed by atoms with Crippen LogP contribution in [-0.4, -0.2) is 19.3 Å². The van der Waals surface area contributed by atoms with Crippen molar-refractivity contribution in [1.29, 1.82) is 0 Å². The van der Waals surface area contributed by atoms with E-state index in [0.29, 0.717) is 27.1 Å². The van der Waals surface area contributed by atoms with Gasteiger partial charge in [0.25, 0.3) is 0 Å². The molecule has 0 aliphatic carbocycles. The molecule has 1 unspecified atom stereocenters. The molecular weight excluding hydrogens is 327 g/mol. The van der Waals surface area contributed by atoms with Crippen LogP contribution in [0.5, 0.6) is 11.5 Å². The van der Waals surface area contributed by atoms with Gasteiger partial charge in [0, 0.05) is 11.6 Å². The number of benzene rings is 2. The predicted octanol–water partition coefficient (Wildman–Crippen LogP) is 3.69. The first-order valence-electron chi connectivity index (χ1n) is 5.91. The number of rotatable bonds is 4. The second-order valence-electron chi connectivity index (χ2n) is 4.18. The minimum Gasteiger partial charge on any atom is -0.497 e. The average Bonchev–Trinajstić information content (AvgIpc) is 2.48. The number of hydrogen-bond donors (Lipinski definition) is 1. The molecule has 0 radical (unpaired) electrons. The third-order valence-corrected chi connectivity index (χ3v) is 3.60. The molecule has 0 spiro atoms. The lowest BCUT2D eigenvalue weighted by atomic mass is 10.0. The molecule has 0 saturated carbocycles. The molecule has 106 valence electrons. The van der Waals surface area contributed by atoms with Gasteiger partial charge in [0.1, 0.15) is 23.4 Å². The van der Waals surface area contributed by atoms with Crippen molar-refractivity contribution in [1.82, 2.24) is 0 Å². The van der Waals surface area contributed by atoms with Crippen LogP contribution in [0.15, 0.2) is 40.9 Å². The number of hydrogen-bond acceptors (Lipinski definition) is 3. The van der Waals surface area contributed by atoms with E-state index < -0.39 is 6.10 Å². The van der Waals surface area contributed by atoms with Crippen LogP contribution in [0.3, 0.4) is 0 Å². The molecule has 2 aromatic rings. The highest BCUT2D eigenvalue weighted by molar-refractivity contribution is 9.10. The molecule has 1 N–H and O–H groups in total. The molecule has 1 atom stereocenters. The minimum atomic E-state index is -0.909. The highest BCUT2D eigenvalue weighted by Crippen LogP contribution is 2.34. The predicted molar refractivity (Wildman–Crippen MR) is 77.7 cm³/mol. The van der Waals surface area contributed by atoms with Gasteiger partial charge in [-0.15, -0.1) is 0 Å². The molecule has 2 aromatic carbocycles. The largest absolute Gasteiger partial charge is 0.497 e. The molecule has 0 aliphatic heterocycles. The lowest BCUT2D eigenvalue weighted by molar-refractivity contribution is 0.214. The maximum absolute atomic E-state index is 13.2. The zero-order valence-corrected chi connectivity index (χ0v) is 12.6. The van der Waals surface area contributed by atoms with Crippen LogP contribution in [0.25, 0.3) is 0 Å². The molecule has 0 aliphatic rings. The number of halogens is 2. The molecule has 2 rings (SSSR count). The van der Waals surface area contributed by atoms with Gasteiger partial charge in [0.2, 0.25) is 0 Å². The molecule has 0 fully saturated rings. The zero-order chi connectivity index (χ0) is 14.7. The van der Waals surface area contributed by atoms with Crippen molar-refractivity contribution in [3.63, 3.8) is 0 Å². The van der Waals surface area contributed by atoms with Gasteiger partial charge in [-0.1, -0.05) is 6.07 Å². The lowest BCUT2D eigenvalue weighted by Crippen LogP contribution is -2.03. The molecule has 0 saturated heterocycles. The summed E-state index contributed by atoms with van der Waals surface area (Å²) in [4.78, 5) is 0. The summed E-state index contributed by atoms with van der Waals surface area (Å²) >= 11 is 3.11. The highest BCUT2D eigenvalue weighted by Gasteiger charge is 2.17. The summed E-state index contributed by atoms with van der Waals surface area (Å²) in [5, 5.41) is 10.4. The van der Waals surface area contributed by atoms with E-state index in [4.69, 9.17) is 9.47 Å². The first-order chi connectivity index (χ1) is 9.56. The monoisotopic (exact) mass is 340 g/mol. The highest BCUT2D eigenvalue weighted by atomic mass is 79.9. The van der Waals surface area contributed by atoms with Crippen LogP contribution in [0, 0.1) is 5.82 Å². The summed E-state index contributed by atoms with van der Waals surface area (Å²) in [6.45, 7) is 0. The van der Waals surface area contributed by atoms with E-state index in [9.17, 15) is 9.50 Å². The summed E-state index contributed by atoms with van der Waals surface area (Å²) in [6.07, 6.45) is -0.909. The summed E-state index contributed by atoms with van der Waals surface area (Å²) in [5.41, 5.74) is 1.16. The van der Waals surface area contributed by atoms with Gasteiger partial charge < -0.3 is 14.6 Å². The Kier molecular flexibility index (Phi) is 4.62. The summed E-state index contributed by atoms with van der Waals surface area (Å²) in [6, 6.07) is 9.53. The van der Waals surface area contributed by atoms with Crippen LogP contribution < -0.4 is 9.47 Å². The van der Waals surface area contributed by atoms with Crippen LogP contribution in [0.4, 0.5) is 4.39 Å². The maximum atomic E-state index is 13.2. The molecule has 20 heavy (non-hydrogen) atoms. The number of methoxy groups -OCH3 is 2. The second kappa shape index (κ2) is 6.24. The van der Waals surface area contributed by atoms with Crippen molar-refractivity contribution in [2.45, 2.75) is 6.10 Å². The standard InChI is InChI=1S/C15H14BrFO3/c1-19-10-4-5-11(14(8-10)20-2)15(18)9-3-6-13(17)12(16)7-9/h3-8,15,18H,1-2H3. The fourth-order valence-corrected chi connectivity index (χ4v) is 2.30. The van der Waals surface area contributed by atoms with Gasteiger partial charge >= 0.3 is 0 Å². The van der Waals surface area contributed by atoms with Gasteiger partial charge in [-0.3, -0.25) is 0 Å². The van der Waals surface area contributed by atoms with Gasteiger partial charge in [-0.05, 0) is 45.8 Å². The minimum absolute atomic E-state index is 0.307. The van der Waals surface area contributed by atoms with Crippen LogP contribution in [0.1, 0.15) is 17.2 Å². The van der Waals surface area contributed by atoms with E-state index in [0.717, 1.165) is 0 Å². The molecule has 0 amide bonds. The number of aliphatic hydroxyl groups excluding tert-OH is 1.